The smallest absolute Gasteiger partial charge is 0.270 e. The molecule has 5 nitrogen and oxygen atoms in total. The van der Waals surface area contributed by atoms with Gasteiger partial charge in [0.15, 0.2) is 0 Å². The van der Waals surface area contributed by atoms with Crippen LogP contribution in [0.5, 0.6) is 0 Å². The van der Waals surface area contributed by atoms with Gasteiger partial charge in [0.1, 0.15) is 0 Å². The molecule has 102 valence electrons. The van der Waals surface area contributed by atoms with Crippen molar-refractivity contribution in [2.45, 2.75) is 38.6 Å². The summed E-state index contributed by atoms with van der Waals surface area (Å²) in [4.78, 5) is 24.6. The van der Waals surface area contributed by atoms with E-state index in [0.717, 1.165) is 32.2 Å². The Hall–Kier alpha value is -1.91. The van der Waals surface area contributed by atoms with E-state index in [1.54, 1.807) is 12.1 Å². The SMILES string of the molecule is CC[C@H]1CCCCN1C(=O)c1cccc([N+](=O)[O-])c1. The minimum Gasteiger partial charge on any atom is -0.336 e. The number of likely N-dealkylation sites (tertiary alicyclic amines) is 1. The Labute approximate surface area is 112 Å². The van der Waals surface area contributed by atoms with Gasteiger partial charge in [0.05, 0.1) is 4.92 Å². The average Bonchev–Trinajstić information content (AvgIpc) is 2.46. The standard InChI is InChI=1S/C14H18N2O3/c1-2-12-7-3-4-9-15(12)14(17)11-6-5-8-13(10-11)16(18)19/h5-6,8,10,12H,2-4,7,9H2,1H3/t12-/m0/s1. The molecule has 0 aliphatic carbocycles. The van der Waals surface area contributed by atoms with Gasteiger partial charge in [-0.2, -0.15) is 0 Å². The first-order valence-electron chi connectivity index (χ1n) is 6.69. The van der Waals surface area contributed by atoms with Gasteiger partial charge in [-0.1, -0.05) is 13.0 Å². The summed E-state index contributed by atoms with van der Waals surface area (Å²) < 4.78 is 0. The zero-order valence-electron chi connectivity index (χ0n) is 11.0. The fourth-order valence-electron chi connectivity index (χ4n) is 2.61. The molecule has 1 saturated heterocycles. The van der Waals surface area contributed by atoms with Crippen LogP contribution in [0.2, 0.25) is 0 Å². The molecule has 1 atom stereocenters. The molecule has 0 N–H and O–H groups in total. The Morgan fingerprint density at radius 1 is 1.47 bits per heavy atom. The Balaban J connectivity index is 2.22. The molecule has 1 aromatic carbocycles. The molecule has 0 spiro atoms. The Bertz CT molecular complexity index is 487. The summed E-state index contributed by atoms with van der Waals surface area (Å²) >= 11 is 0. The fraction of sp³-hybridized carbons (Fsp3) is 0.500. The number of rotatable bonds is 3. The van der Waals surface area contributed by atoms with Gasteiger partial charge in [0.2, 0.25) is 0 Å². The van der Waals surface area contributed by atoms with Gasteiger partial charge < -0.3 is 4.90 Å². The van der Waals surface area contributed by atoms with Crippen molar-refractivity contribution in [1.82, 2.24) is 4.90 Å². The lowest BCUT2D eigenvalue weighted by molar-refractivity contribution is -0.384. The normalized spacial score (nSPS) is 19.2. The van der Waals surface area contributed by atoms with Crippen molar-refractivity contribution in [3.05, 3.63) is 39.9 Å². The van der Waals surface area contributed by atoms with Crippen molar-refractivity contribution in [3.63, 3.8) is 0 Å². The van der Waals surface area contributed by atoms with E-state index in [9.17, 15) is 14.9 Å². The van der Waals surface area contributed by atoms with E-state index in [1.807, 2.05) is 4.90 Å². The number of carbonyl (C=O) groups is 1. The quantitative estimate of drug-likeness (QED) is 0.621. The molecule has 1 amide bonds. The van der Waals surface area contributed by atoms with Gasteiger partial charge in [-0.15, -0.1) is 0 Å². The van der Waals surface area contributed by atoms with Gasteiger partial charge in [-0.25, -0.2) is 0 Å². The van der Waals surface area contributed by atoms with Crippen LogP contribution in [-0.4, -0.2) is 28.3 Å². The average molecular weight is 262 g/mol. The third-order valence-corrected chi connectivity index (χ3v) is 3.66. The summed E-state index contributed by atoms with van der Waals surface area (Å²) in [6.45, 7) is 2.82. The van der Waals surface area contributed by atoms with Crippen LogP contribution in [-0.2, 0) is 0 Å². The summed E-state index contributed by atoms with van der Waals surface area (Å²) in [5, 5.41) is 10.8. The van der Waals surface area contributed by atoms with Crippen molar-refractivity contribution in [3.8, 4) is 0 Å². The first-order valence-corrected chi connectivity index (χ1v) is 6.69. The lowest BCUT2D eigenvalue weighted by Crippen LogP contribution is -2.43. The van der Waals surface area contributed by atoms with Crippen LogP contribution in [0.25, 0.3) is 0 Å². The number of carbonyl (C=O) groups excluding carboxylic acids is 1. The highest BCUT2D eigenvalue weighted by Gasteiger charge is 2.26. The van der Waals surface area contributed by atoms with Gasteiger partial charge in [-0.3, -0.25) is 14.9 Å². The highest BCUT2D eigenvalue weighted by molar-refractivity contribution is 5.95. The third kappa shape index (κ3) is 2.92. The van der Waals surface area contributed by atoms with Crippen molar-refractivity contribution >= 4 is 11.6 Å². The zero-order chi connectivity index (χ0) is 13.8. The molecule has 1 heterocycles. The van der Waals surface area contributed by atoms with E-state index < -0.39 is 4.92 Å². The first-order chi connectivity index (χ1) is 9.13. The fourth-order valence-corrected chi connectivity index (χ4v) is 2.61. The molecule has 1 aliphatic heterocycles. The molecule has 0 bridgehead atoms. The van der Waals surface area contributed by atoms with Gasteiger partial charge in [-0.05, 0) is 31.7 Å². The van der Waals surface area contributed by atoms with Crippen molar-refractivity contribution in [1.29, 1.82) is 0 Å². The maximum atomic E-state index is 12.4. The predicted molar refractivity (Wildman–Crippen MR) is 72.1 cm³/mol. The minimum absolute atomic E-state index is 0.0316. The van der Waals surface area contributed by atoms with Gasteiger partial charge in [0.25, 0.3) is 11.6 Å². The predicted octanol–water partition coefficient (Wildman–Crippen LogP) is 3.00. The number of piperidine rings is 1. The number of nitro benzene ring substituents is 1. The molecule has 19 heavy (non-hydrogen) atoms. The summed E-state index contributed by atoms with van der Waals surface area (Å²) in [6, 6.07) is 6.25. The lowest BCUT2D eigenvalue weighted by Gasteiger charge is -2.35. The minimum atomic E-state index is -0.468. The Morgan fingerprint density at radius 3 is 2.95 bits per heavy atom. The van der Waals surface area contributed by atoms with Crippen LogP contribution in [0.3, 0.4) is 0 Å². The van der Waals surface area contributed by atoms with Crippen LogP contribution in [0, 0.1) is 10.1 Å². The topological polar surface area (TPSA) is 63.5 Å². The van der Waals surface area contributed by atoms with Crippen molar-refractivity contribution in [2.75, 3.05) is 6.54 Å². The second kappa shape index (κ2) is 5.82. The van der Waals surface area contributed by atoms with Gasteiger partial charge >= 0.3 is 0 Å². The van der Waals surface area contributed by atoms with Crippen LogP contribution in [0.15, 0.2) is 24.3 Å². The highest BCUT2D eigenvalue weighted by Crippen LogP contribution is 2.23. The molecule has 0 aromatic heterocycles. The number of nitro groups is 1. The number of benzene rings is 1. The van der Waals surface area contributed by atoms with E-state index in [1.165, 1.54) is 12.1 Å². The number of non-ortho nitro benzene ring substituents is 1. The van der Waals surface area contributed by atoms with Crippen molar-refractivity contribution in [2.24, 2.45) is 0 Å². The molecule has 1 fully saturated rings. The first kappa shape index (κ1) is 13.5. The van der Waals surface area contributed by atoms with Crippen LogP contribution >= 0.6 is 0 Å². The molecular weight excluding hydrogens is 244 g/mol. The molecular formula is C14H18N2O3. The van der Waals surface area contributed by atoms with Crippen LogP contribution in [0.4, 0.5) is 5.69 Å². The molecule has 1 aromatic rings. The molecule has 2 rings (SSSR count). The van der Waals surface area contributed by atoms with Crippen molar-refractivity contribution < 1.29 is 9.72 Å². The molecule has 1 aliphatic rings. The molecule has 0 radical (unpaired) electrons. The number of amides is 1. The van der Waals surface area contributed by atoms with E-state index in [0.29, 0.717) is 5.56 Å². The monoisotopic (exact) mass is 262 g/mol. The second-order valence-corrected chi connectivity index (χ2v) is 4.86. The molecule has 0 unspecified atom stereocenters. The molecule has 5 heteroatoms. The van der Waals surface area contributed by atoms with E-state index in [-0.39, 0.29) is 17.6 Å². The number of hydrogen-bond acceptors (Lipinski definition) is 3. The third-order valence-electron chi connectivity index (χ3n) is 3.66. The van der Waals surface area contributed by atoms with Gasteiger partial charge in [0, 0.05) is 30.3 Å². The van der Waals surface area contributed by atoms with E-state index in [4.69, 9.17) is 0 Å². The number of hydrogen-bond donors (Lipinski definition) is 0. The molecule has 0 saturated carbocycles. The van der Waals surface area contributed by atoms with Crippen LogP contribution in [0.1, 0.15) is 43.0 Å². The zero-order valence-corrected chi connectivity index (χ0v) is 11.0. The van der Waals surface area contributed by atoms with E-state index >= 15 is 0 Å². The summed E-state index contributed by atoms with van der Waals surface area (Å²) in [5.74, 6) is -0.0877. The Morgan fingerprint density at radius 2 is 2.26 bits per heavy atom. The lowest BCUT2D eigenvalue weighted by atomic mass is 9.99. The summed E-state index contributed by atoms with van der Waals surface area (Å²) in [5.41, 5.74) is 0.380. The number of nitrogens with zero attached hydrogens (tertiary/aromatic N) is 2. The maximum absolute atomic E-state index is 12.4. The second-order valence-electron chi connectivity index (χ2n) is 4.86. The maximum Gasteiger partial charge on any atom is 0.270 e. The van der Waals surface area contributed by atoms with E-state index in [2.05, 4.69) is 6.92 Å². The summed E-state index contributed by atoms with van der Waals surface area (Å²) in [7, 11) is 0. The highest BCUT2D eigenvalue weighted by atomic mass is 16.6. The van der Waals surface area contributed by atoms with Crippen LogP contribution < -0.4 is 0 Å². The largest absolute Gasteiger partial charge is 0.336 e. The summed E-state index contributed by atoms with van der Waals surface area (Å²) in [6.07, 6.45) is 4.12. The Kier molecular flexibility index (Phi) is 4.14.